The zero-order valence-corrected chi connectivity index (χ0v) is 12.0. The van der Waals surface area contributed by atoms with E-state index in [0.29, 0.717) is 17.4 Å². The number of carboxylic acid groups (broad SMARTS) is 1. The van der Waals surface area contributed by atoms with Crippen molar-refractivity contribution >= 4 is 33.8 Å². The number of carboxylic acids is 1. The highest BCUT2D eigenvalue weighted by Gasteiger charge is 2.32. The summed E-state index contributed by atoms with van der Waals surface area (Å²) in [6.07, 6.45) is 0. The molecule has 0 bridgehead atoms. The van der Waals surface area contributed by atoms with Crippen LogP contribution in [0.5, 0.6) is 0 Å². The highest BCUT2D eigenvalue weighted by atomic mass is 32.1. The Labute approximate surface area is 117 Å². The first-order valence-electron chi connectivity index (χ1n) is 5.49. The van der Waals surface area contributed by atoms with Gasteiger partial charge in [-0.1, -0.05) is 11.3 Å². The minimum atomic E-state index is -1.01. The molecule has 2 aromatic heterocycles. The van der Waals surface area contributed by atoms with E-state index in [2.05, 4.69) is 15.3 Å². The number of aromatic amines is 1. The number of hydrogen-bond acceptors (Lipinski definition) is 6. The van der Waals surface area contributed by atoms with E-state index < -0.39 is 11.4 Å². The minimum Gasteiger partial charge on any atom is -0.481 e. The van der Waals surface area contributed by atoms with Gasteiger partial charge in [-0.15, -0.1) is 11.3 Å². The minimum absolute atomic E-state index is 0.0939. The first kappa shape index (κ1) is 13.8. The molecule has 3 N–H and O–H groups in total. The zero-order valence-electron chi connectivity index (χ0n) is 10.4. The molecule has 0 spiro atoms. The molecular formula is C11H13N3O3S2. The largest absolute Gasteiger partial charge is 0.481 e. The van der Waals surface area contributed by atoms with Gasteiger partial charge in [-0.3, -0.25) is 9.59 Å². The second kappa shape index (κ2) is 5.14. The molecular weight excluding hydrogens is 286 g/mol. The molecule has 2 rings (SSSR count). The summed E-state index contributed by atoms with van der Waals surface area (Å²) in [5.74, 6) is -0.911. The normalized spacial score (nSPS) is 11.5. The molecule has 19 heavy (non-hydrogen) atoms. The van der Waals surface area contributed by atoms with Crippen molar-refractivity contribution < 1.29 is 9.90 Å². The lowest BCUT2D eigenvalue weighted by Crippen LogP contribution is -2.28. The van der Waals surface area contributed by atoms with Crippen LogP contribution in [0.2, 0.25) is 0 Å². The van der Waals surface area contributed by atoms with Crippen LogP contribution in [0.25, 0.3) is 0 Å². The van der Waals surface area contributed by atoms with Gasteiger partial charge in [0.2, 0.25) is 0 Å². The molecule has 2 aromatic rings. The van der Waals surface area contributed by atoms with Gasteiger partial charge in [0, 0.05) is 16.5 Å². The summed E-state index contributed by atoms with van der Waals surface area (Å²) < 4.78 is 0. The second-order valence-corrected chi connectivity index (χ2v) is 6.20. The number of nitrogens with one attached hydrogen (secondary N) is 2. The van der Waals surface area contributed by atoms with Gasteiger partial charge >= 0.3 is 10.8 Å². The highest BCUT2D eigenvalue weighted by molar-refractivity contribution is 7.13. The van der Waals surface area contributed by atoms with Crippen LogP contribution < -0.4 is 10.2 Å². The topological polar surface area (TPSA) is 95.1 Å². The van der Waals surface area contributed by atoms with Crippen molar-refractivity contribution in [2.24, 2.45) is 0 Å². The molecule has 0 aliphatic rings. The molecule has 0 unspecified atom stereocenters. The van der Waals surface area contributed by atoms with Crippen LogP contribution in [-0.2, 0) is 16.8 Å². The van der Waals surface area contributed by atoms with E-state index in [-0.39, 0.29) is 4.87 Å². The quantitative estimate of drug-likeness (QED) is 0.783. The van der Waals surface area contributed by atoms with Gasteiger partial charge in [0.1, 0.15) is 5.41 Å². The highest BCUT2D eigenvalue weighted by Crippen LogP contribution is 2.27. The summed E-state index contributed by atoms with van der Waals surface area (Å²) >= 11 is 2.45. The number of nitrogens with zero attached hydrogens (tertiary/aromatic N) is 1. The Morgan fingerprint density at radius 1 is 1.47 bits per heavy atom. The van der Waals surface area contributed by atoms with Gasteiger partial charge in [0.25, 0.3) is 0 Å². The third kappa shape index (κ3) is 3.02. The summed E-state index contributed by atoms with van der Waals surface area (Å²) in [5.41, 5.74) is 0.295. The number of rotatable bonds is 5. The zero-order chi connectivity index (χ0) is 14.0. The summed E-state index contributed by atoms with van der Waals surface area (Å²) in [5, 5.41) is 16.3. The number of thiazole rings is 2. The predicted octanol–water partition coefficient (Wildman–Crippen LogP) is 1.87. The monoisotopic (exact) mass is 299 g/mol. The molecule has 8 heteroatoms. The first-order valence-corrected chi connectivity index (χ1v) is 7.25. The second-order valence-electron chi connectivity index (χ2n) is 4.50. The smallest absolute Gasteiger partial charge is 0.315 e. The van der Waals surface area contributed by atoms with Crippen molar-refractivity contribution in [3.63, 3.8) is 0 Å². The standard InChI is InChI=1S/C11H13N3O3S2/c1-11(2,8(15)16)7-5-18-9(14-7)12-3-6-4-19-10(17)13-6/h4-5H,3H2,1-2H3,(H,12,14)(H,13,17)(H,15,16). The van der Waals surface area contributed by atoms with E-state index in [1.165, 1.54) is 11.3 Å². The number of anilines is 1. The molecule has 0 aromatic carbocycles. The fourth-order valence-electron chi connectivity index (χ4n) is 1.32. The summed E-state index contributed by atoms with van der Waals surface area (Å²) in [7, 11) is 0. The van der Waals surface area contributed by atoms with Crippen molar-refractivity contribution in [1.29, 1.82) is 0 Å². The van der Waals surface area contributed by atoms with E-state index in [1.807, 2.05) is 0 Å². The number of carbonyl (C=O) groups is 1. The fraction of sp³-hybridized carbons (Fsp3) is 0.364. The maximum absolute atomic E-state index is 11.1. The molecule has 2 heterocycles. The Bertz CT molecular complexity index is 641. The van der Waals surface area contributed by atoms with Gasteiger partial charge in [-0.2, -0.15) is 0 Å². The number of aliphatic carboxylic acids is 1. The van der Waals surface area contributed by atoms with Crippen molar-refractivity contribution in [1.82, 2.24) is 9.97 Å². The van der Waals surface area contributed by atoms with Gasteiger partial charge in [0.05, 0.1) is 12.2 Å². The summed E-state index contributed by atoms with van der Waals surface area (Å²) in [4.78, 5) is 28.9. The lowest BCUT2D eigenvalue weighted by atomic mass is 9.90. The molecule has 0 amide bonds. The van der Waals surface area contributed by atoms with Crippen LogP contribution in [0.4, 0.5) is 5.13 Å². The molecule has 0 saturated heterocycles. The number of aromatic nitrogens is 2. The average molecular weight is 299 g/mol. The number of H-pyrrole nitrogens is 1. The van der Waals surface area contributed by atoms with Crippen LogP contribution in [0.15, 0.2) is 15.6 Å². The molecule has 0 atom stereocenters. The fourth-order valence-corrected chi connectivity index (χ4v) is 2.78. The molecule has 0 saturated carbocycles. The van der Waals surface area contributed by atoms with E-state index in [9.17, 15) is 9.59 Å². The van der Waals surface area contributed by atoms with Crippen molar-refractivity contribution in [2.75, 3.05) is 5.32 Å². The molecule has 6 nitrogen and oxygen atoms in total. The lowest BCUT2D eigenvalue weighted by Gasteiger charge is -2.15. The van der Waals surface area contributed by atoms with E-state index >= 15 is 0 Å². The van der Waals surface area contributed by atoms with Gasteiger partial charge in [-0.05, 0) is 13.8 Å². The number of hydrogen-bond donors (Lipinski definition) is 3. The Morgan fingerprint density at radius 2 is 2.21 bits per heavy atom. The lowest BCUT2D eigenvalue weighted by molar-refractivity contribution is -0.142. The Balaban J connectivity index is 2.05. The van der Waals surface area contributed by atoms with Gasteiger partial charge < -0.3 is 15.4 Å². The Kier molecular flexibility index (Phi) is 3.72. The predicted molar refractivity (Wildman–Crippen MR) is 75.0 cm³/mol. The Morgan fingerprint density at radius 3 is 2.79 bits per heavy atom. The molecule has 0 aliphatic carbocycles. The van der Waals surface area contributed by atoms with E-state index in [4.69, 9.17) is 5.11 Å². The van der Waals surface area contributed by atoms with Crippen LogP contribution >= 0.6 is 22.7 Å². The third-order valence-electron chi connectivity index (χ3n) is 2.68. The van der Waals surface area contributed by atoms with Crippen LogP contribution in [-0.4, -0.2) is 21.0 Å². The van der Waals surface area contributed by atoms with Crippen molar-refractivity contribution in [3.8, 4) is 0 Å². The molecule has 0 fully saturated rings. The van der Waals surface area contributed by atoms with Crippen LogP contribution in [0.3, 0.4) is 0 Å². The molecule has 102 valence electrons. The van der Waals surface area contributed by atoms with Crippen molar-refractivity contribution in [3.05, 3.63) is 31.8 Å². The summed E-state index contributed by atoms with van der Waals surface area (Å²) in [6.45, 7) is 3.69. The summed E-state index contributed by atoms with van der Waals surface area (Å²) in [6, 6.07) is 0. The van der Waals surface area contributed by atoms with E-state index in [1.54, 1.807) is 24.6 Å². The van der Waals surface area contributed by atoms with Crippen LogP contribution in [0.1, 0.15) is 25.2 Å². The maximum atomic E-state index is 11.1. The maximum Gasteiger partial charge on any atom is 0.315 e. The van der Waals surface area contributed by atoms with Gasteiger partial charge in [0.15, 0.2) is 5.13 Å². The average Bonchev–Trinajstić information content (AvgIpc) is 2.95. The third-order valence-corrected chi connectivity index (χ3v) is 4.20. The SMILES string of the molecule is CC(C)(C(=O)O)c1csc(NCc2csc(=O)[nH]2)n1. The first-order chi connectivity index (χ1) is 8.89. The van der Waals surface area contributed by atoms with Crippen molar-refractivity contribution in [2.45, 2.75) is 25.8 Å². The molecule has 0 radical (unpaired) electrons. The van der Waals surface area contributed by atoms with Crippen LogP contribution in [0, 0.1) is 0 Å². The Hall–Kier alpha value is -1.67. The molecule has 0 aliphatic heterocycles. The van der Waals surface area contributed by atoms with Gasteiger partial charge in [-0.25, -0.2) is 4.98 Å². The van der Waals surface area contributed by atoms with E-state index in [0.717, 1.165) is 17.0 Å².